The van der Waals surface area contributed by atoms with Crippen LogP contribution >= 0.6 is 0 Å². The average molecular weight is 430 g/mol. The predicted molar refractivity (Wildman–Crippen MR) is 123 cm³/mol. The summed E-state index contributed by atoms with van der Waals surface area (Å²) in [6, 6.07) is 21.2. The maximum Gasteiger partial charge on any atom is 0.268 e. The van der Waals surface area contributed by atoms with Crippen molar-refractivity contribution in [2.24, 2.45) is 0 Å². The summed E-state index contributed by atoms with van der Waals surface area (Å²) < 4.78 is 5.89. The average Bonchev–Trinajstić information content (AvgIpc) is 2.81. The number of aromatic nitrogens is 1. The topological polar surface area (TPSA) is 62.7 Å². The van der Waals surface area contributed by atoms with Gasteiger partial charge in [-0.15, -0.1) is 0 Å². The number of hydrogen-bond donors (Lipinski definition) is 0. The van der Waals surface area contributed by atoms with Gasteiger partial charge in [-0.25, -0.2) is 0 Å². The predicted octanol–water partition coefficient (Wildman–Crippen LogP) is 4.12. The molecule has 1 aliphatic rings. The van der Waals surface area contributed by atoms with Crippen LogP contribution < -0.4 is 9.64 Å². The third-order valence-electron chi connectivity index (χ3n) is 5.53. The zero-order valence-electron chi connectivity index (χ0n) is 18.4. The Labute approximate surface area is 188 Å². The van der Waals surface area contributed by atoms with Crippen LogP contribution in [0.25, 0.3) is 0 Å². The van der Waals surface area contributed by atoms with E-state index in [1.165, 1.54) is 0 Å². The van der Waals surface area contributed by atoms with E-state index in [0.717, 1.165) is 16.8 Å². The minimum Gasteiger partial charge on any atom is -0.478 e. The third kappa shape index (κ3) is 4.80. The van der Waals surface area contributed by atoms with Crippen molar-refractivity contribution in [1.29, 1.82) is 0 Å². The van der Waals surface area contributed by atoms with Gasteiger partial charge in [0.05, 0.1) is 17.9 Å². The number of carbonyl (C=O) groups is 2. The van der Waals surface area contributed by atoms with E-state index in [9.17, 15) is 9.59 Å². The molecule has 0 saturated carbocycles. The number of fused-ring (bicyclic) bond motifs is 1. The molecule has 1 aromatic heterocycles. The van der Waals surface area contributed by atoms with E-state index in [1.807, 2.05) is 80.6 Å². The quantitative estimate of drug-likeness (QED) is 0.567. The van der Waals surface area contributed by atoms with Crippen LogP contribution in [0.15, 0.2) is 72.9 Å². The monoisotopic (exact) mass is 429 g/mol. The molecule has 0 radical (unpaired) electrons. The summed E-state index contributed by atoms with van der Waals surface area (Å²) in [6.45, 7) is 4.62. The van der Waals surface area contributed by atoms with Crippen molar-refractivity contribution in [3.05, 3.63) is 89.7 Å². The SMILES string of the molecule is CC[C@@H]1Oc2ccc(C)cc2N(CC(=O)N(Cc2ccccc2)Cc2ccccn2)C1=O. The van der Waals surface area contributed by atoms with Gasteiger partial charge < -0.3 is 9.64 Å². The van der Waals surface area contributed by atoms with Crippen LogP contribution in [0.3, 0.4) is 0 Å². The molecule has 0 bridgehead atoms. The summed E-state index contributed by atoms with van der Waals surface area (Å²) in [4.78, 5) is 34.3. The number of aryl methyl sites for hydroxylation is 1. The number of benzene rings is 2. The molecule has 6 heteroatoms. The van der Waals surface area contributed by atoms with E-state index in [0.29, 0.717) is 30.9 Å². The lowest BCUT2D eigenvalue weighted by Gasteiger charge is -2.35. The molecule has 6 nitrogen and oxygen atoms in total. The minimum atomic E-state index is -0.587. The van der Waals surface area contributed by atoms with Crippen molar-refractivity contribution in [3.8, 4) is 5.75 Å². The van der Waals surface area contributed by atoms with Crippen molar-refractivity contribution in [2.45, 2.75) is 39.5 Å². The molecule has 0 unspecified atom stereocenters. The van der Waals surface area contributed by atoms with Gasteiger partial charge in [0.15, 0.2) is 6.10 Å². The molecule has 0 saturated heterocycles. The molecule has 0 N–H and O–H groups in total. The Bertz CT molecular complexity index is 1040. The number of ether oxygens (including phenoxy) is 1. The van der Waals surface area contributed by atoms with Crippen LogP contribution in [0, 0.1) is 6.92 Å². The number of amides is 2. The molecule has 4 rings (SSSR count). The Morgan fingerprint density at radius 2 is 1.84 bits per heavy atom. The lowest BCUT2D eigenvalue weighted by molar-refractivity contribution is -0.134. The molecule has 164 valence electrons. The van der Waals surface area contributed by atoms with Gasteiger partial charge >= 0.3 is 0 Å². The summed E-state index contributed by atoms with van der Waals surface area (Å²) in [6.07, 6.45) is 1.67. The van der Waals surface area contributed by atoms with Crippen molar-refractivity contribution in [3.63, 3.8) is 0 Å². The first-order valence-electron chi connectivity index (χ1n) is 10.9. The Hall–Kier alpha value is -3.67. The first-order chi connectivity index (χ1) is 15.5. The van der Waals surface area contributed by atoms with Gasteiger partial charge in [0, 0.05) is 12.7 Å². The summed E-state index contributed by atoms with van der Waals surface area (Å²) in [5, 5.41) is 0. The smallest absolute Gasteiger partial charge is 0.268 e. The number of hydrogen-bond acceptors (Lipinski definition) is 4. The second kappa shape index (κ2) is 9.64. The van der Waals surface area contributed by atoms with Crippen LogP contribution in [0.2, 0.25) is 0 Å². The molecule has 2 heterocycles. The summed E-state index contributed by atoms with van der Waals surface area (Å²) in [7, 11) is 0. The Kier molecular flexibility index (Phi) is 6.50. The van der Waals surface area contributed by atoms with Crippen molar-refractivity contribution in [1.82, 2.24) is 9.88 Å². The van der Waals surface area contributed by atoms with E-state index in [-0.39, 0.29) is 18.4 Å². The van der Waals surface area contributed by atoms with E-state index >= 15 is 0 Å². The van der Waals surface area contributed by atoms with Gasteiger partial charge in [0.1, 0.15) is 12.3 Å². The van der Waals surface area contributed by atoms with Crippen molar-refractivity contribution < 1.29 is 14.3 Å². The molecule has 1 aliphatic heterocycles. The van der Waals surface area contributed by atoms with Gasteiger partial charge in [-0.2, -0.15) is 0 Å². The van der Waals surface area contributed by atoms with Crippen molar-refractivity contribution in [2.75, 3.05) is 11.4 Å². The fourth-order valence-electron chi connectivity index (χ4n) is 3.81. The first kappa shape index (κ1) is 21.6. The Morgan fingerprint density at radius 3 is 2.56 bits per heavy atom. The largest absolute Gasteiger partial charge is 0.478 e. The van der Waals surface area contributed by atoms with E-state index in [1.54, 1.807) is 16.0 Å². The van der Waals surface area contributed by atoms with E-state index in [2.05, 4.69) is 4.98 Å². The maximum atomic E-state index is 13.5. The first-order valence-corrected chi connectivity index (χ1v) is 10.9. The molecule has 2 aromatic carbocycles. The van der Waals surface area contributed by atoms with Crippen LogP contribution in [0.1, 0.15) is 30.2 Å². The van der Waals surface area contributed by atoms with Crippen molar-refractivity contribution >= 4 is 17.5 Å². The summed E-state index contributed by atoms with van der Waals surface area (Å²) in [5.41, 5.74) is 3.47. The zero-order valence-corrected chi connectivity index (χ0v) is 18.4. The normalized spacial score (nSPS) is 15.1. The molecule has 32 heavy (non-hydrogen) atoms. The van der Waals surface area contributed by atoms with Gasteiger partial charge in [0.25, 0.3) is 5.91 Å². The number of carbonyl (C=O) groups excluding carboxylic acids is 2. The Balaban J connectivity index is 1.62. The standard InChI is InChI=1S/C26H27N3O3/c1-3-23-26(31)29(22-15-19(2)12-13-24(22)32-23)18-25(30)28(16-20-9-5-4-6-10-20)17-21-11-7-8-14-27-21/h4-15,23H,3,16-18H2,1-2H3/t23-/m0/s1. The highest BCUT2D eigenvalue weighted by atomic mass is 16.5. The molecular formula is C26H27N3O3. The van der Waals surface area contributed by atoms with Crippen LogP contribution in [-0.2, 0) is 22.7 Å². The highest BCUT2D eigenvalue weighted by molar-refractivity contribution is 6.03. The fourth-order valence-corrected chi connectivity index (χ4v) is 3.81. The zero-order chi connectivity index (χ0) is 22.5. The second-order valence-electron chi connectivity index (χ2n) is 7.97. The van der Waals surface area contributed by atoms with Gasteiger partial charge in [0.2, 0.25) is 5.91 Å². The van der Waals surface area contributed by atoms with Crippen LogP contribution in [0.5, 0.6) is 5.75 Å². The van der Waals surface area contributed by atoms with E-state index in [4.69, 9.17) is 4.74 Å². The van der Waals surface area contributed by atoms with Gasteiger partial charge in [-0.3, -0.25) is 19.5 Å². The lowest BCUT2D eigenvalue weighted by atomic mass is 10.1. The molecule has 0 aliphatic carbocycles. The molecule has 0 spiro atoms. The molecule has 1 atom stereocenters. The molecule has 2 amide bonds. The summed E-state index contributed by atoms with van der Waals surface area (Å²) >= 11 is 0. The number of pyridine rings is 1. The molecular weight excluding hydrogens is 402 g/mol. The Morgan fingerprint density at radius 1 is 1.06 bits per heavy atom. The minimum absolute atomic E-state index is 0.0468. The van der Waals surface area contributed by atoms with Crippen LogP contribution in [0.4, 0.5) is 5.69 Å². The molecule has 3 aromatic rings. The number of rotatable bonds is 7. The third-order valence-corrected chi connectivity index (χ3v) is 5.53. The highest BCUT2D eigenvalue weighted by Gasteiger charge is 2.35. The van der Waals surface area contributed by atoms with E-state index < -0.39 is 6.10 Å². The second-order valence-corrected chi connectivity index (χ2v) is 7.97. The lowest BCUT2D eigenvalue weighted by Crippen LogP contribution is -2.50. The highest BCUT2D eigenvalue weighted by Crippen LogP contribution is 2.35. The van der Waals surface area contributed by atoms with Gasteiger partial charge in [-0.05, 0) is 48.7 Å². The number of nitrogens with zero attached hydrogens (tertiary/aromatic N) is 3. The fraction of sp³-hybridized carbons (Fsp3) is 0.269. The number of anilines is 1. The van der Waals surface area contributed by atoms with Crippen LogP contribution in [-0.4, -0.2) is 34.3 Å². The maximum absolute atomic E-state index is 13.5. The van der Waals surface area contributed by atoms with Gasteiger partial charge in [-0.1, -0.05) is 49.4 Å². The molecule has 0 fully saturated rings. The summed E-state index contributed by atoms with van der Waals surface area (Å²) in [5.74, 6) is 0.308.